The van der Waals surface area contributed by atoms with Gasteiger partial charge < -0.3 is 5.11 Å². The minimum Gasteiger partial charge on any atom is -0.390 e. The molecule has 0 aliphatic heterocycles. The maximum atomic E-state index is 14.2. The smallest absolute Gasteiger partial charge is 0.390 e. The van der Waals surface area contributed by atoms with Gasteiger partial charge in [0, 0.05) is 6.42 Å². The summed E-state index contributed by atoms with van der Waals surface area (Å²) in [7, 11) is 0. The fourth-order valence-corrected chi connectivity index (χ4v) is 2.94. The van der Waals surface area contributed by atoms with Crippen molar-refractivity contribution in [1.29, 1.82) is 0 Å². The molecule has 16 heteroatoms. The molecule has 0 heterocycles. The van der Waals surface area contributed by atoms with Crippen molar-refractivity contribution in [1.82, 2.24) is 0 Å². The highest BCUT2D eigenvalue weighted by Gasteiger charge is 2.93. The average molecular weight is 546 g/mol. The van der Waals surface area contributed by atoms with Gasteiger partial charge in [-0.1, -0.05) is 37.3 Å². The average Bonchev–Trinajstić information content (AvgIpc) is 2.71. The first-order valence-corrected chi connectivity index (χ1v) is 9.44. The number of halogens is 15. The molecule has 1 rings (SSSR count). The Kier molecular flexibility index (Phi) is 8.20. The topological polar surface area (TPSA) is 20.2 Å². The van der Waals surface area contributed by atoms with Crippen LogP contribution in [0.2, 0.25) is 0 Å². The zero-order valence-electron chi connectivity index (χ0n) is 17.3. The lowest BCUT2D eigenvalue weighted by Gasteiger charge is -2.43. The summed E-state index contributed by atoms with van der Waals surface area (Å²) < 4.78 is 199. The van der Waals surface area contributed by atoms with Gasteiger partial charge in [0.1, 0.15) is 0 Å². The van der Waals surface area contributed by atoms with Crippen LogP contribution in [-0.2, 0) is 6.42 Å². The van der Waals surface area contributed by atoms with Crippen LogP contribution in [0, 0.1) is 0 Å². The van der Waals surface area contributed by atoms with Crippen molar-refractivity contribution in [2.24, 2.45) is 0 Å². The molecule has 1 unspecified atom stereocenters. The Hall–Kier alpha value is -1.87. The normalized spacial score (nSPS) is 16.8. The van der Waals surface area contributed by atoms with E-state index in [2.05, 4.69) is 0 Å². The van der Waals surface area contributed by atoms with E-state index in [4.69, 9.17) is 0 Å². The zero-order chi connectivity index (χ0) is 27.9. The van der Waals surface area contributed by atoms with Crippen LogP contribution in [0.15, 0.2) is 30.3 Å². The van der Waals surface area contributed by atoms with Gasteiger partial charge in [-0.15, -0.1) is 0 Å². The Morgan fingerprint density at radius 2 is 1.00 bits per heavy atom. The van der Waals surface area contributed by atoms with Crippen LogP contribution in [-0.4, -0.2) is 52.4 Å². The van der Waals surface area contributed by atoms with E-state index in [1.165, 1.54) is 30.3 Å². The number of benzene rings is 1. The van der Waals surface area contributed by atoms with Crippen molar-refractivity contribution in [3.05, 3.63) is 35.9 Å². The highest BCUT2D eigenvalue weighted by molar-refractivity contribution is 5.16. The van der Waals surface area contributed by atoms with E-state index in [0.717, 1.165) is 6.92 Å². The second-order valence-electron chi connectivity index (χ2n) is 7.81. The lowest BCUT2D eigenvalue weighted by atomic mass is 9.82. The van der Waals surface area contributed by atoms with E-state index in [1.807, 2.05) is 0 Å². The van der Waals surface area contributed by atoms with Crippen LogP contribution in [0.4, 0.5) is 65.9 Å². The predicted octanol–water partition coefficient (Wildman–Crippen LogP) is 7.52. The summed E-state index contributed by atoms with van der Waals surface area (Å²) >= 11 is 0. The quantitative estimate of drug-likeness (QED) is 0.285. The van der Waals surface area contributed by atoms with Gasteiger partial charge >= 0.3 is 41.7 Å². The second-order valence-corrected chi connectivity index (χ2v) is 7.81. The maximum Gasteiger partial charge on any atom is 0.460 e. The number of aryl methyl sites for hydroxylation is 1. The lowest BCUT2D eigenvalue weighted by molar-refractivity contribution is -0.453. The summed E-state index contributed by atoms with van der Waals surface area (Å²) in [6.07, 6.45) is -12.5. The van der Waals surface area contributed by atoms with Crippen LogP contribution in [0.25, 0.3) is 0 Å². The molecule has 0 aromatic heterocycles. The number of alkyl halides is 15. The van der Waals surface area contributed by atoms with Crippen molar-refractivity contribution < 1.29 is 71.0 Å². The number of hydrogen-bond donors (Lipinski definition) is 1. The van der Waals surface area contributed by atoms with Gasteiger partial charge in [-0.3, -0.25) is 0 Å². The highest BCUT2D eigenvalue weighted by atomic mass is 19.4. The lowest BCUT2D eigenvalue weighted by Crippen LogP contribution is -2.73. The molecule has 0 amide bonds. The molecule has 0 saturated carbocycles. The largest absolute Gasteiger partial charge is 0.460 e. The van der Waals surface area contributed by atoms with Gasteiger partial charge in [-0.2, -0.15) is 65.9 Å². The van der Waals surface area contributed by atoms with E-state index in [9.17, 15) is 71.0 Å². The van der Waals surface area contributed by atoms with E-state index >= 15 is 0 Å². The maximum absolute atomic E-state index is 14.2. The van der Waals surface area contributed by atoms with Crippen LogP contribution < -0.4 is 0 Å². The fourth-order valence-electron chi connectivity index (χ4n) is 2.94. The van der Waals surface area contributed by atoms with Crippen molar-refractivity contribution >= 4 is 0 Å². The Morgan fingerprint density at radius 1 is 0.600 bits per heavy atom. The second kappa shape index (κ2) is 9.21. The predicted molar refractivity (Wildman–Crippen MR) is 90.4 cm³/mol. The minimum atomic E-state index is -8.33. The van der Waals surface area contributed by atoms with Gasteiger partial charge in [0.05, 0.1) is 5.60 Å². The Morgan fingerprint density at radius 3 is 1.40 bits per heavy atom. The molecule has 0 radical (unpaired) electrons. The first-order valence-electron chi connectivity index (χ1n) is 9.44. The molecule has 0 spiro atoms. The first kappa shape index (κ1) is 31.2. The third-order valence-electron chi connectivity index (χ3n) is 5.32. The molecule has 1 aromatic rings. The monoisotopic (exact) mass is 546 g/mol. The molecule has 35 heavy (non-hydrogen) atoms. The third-order valence-corrected chi connectivity index (χ3v) is 5.32. The molecule has 0 fully saturated rings. The molecule has 1 nitrogen and oxygen atoms in total. The summed E-state index contributed by atoms with van der Waals surface area (Å²) in [5, 5.41) is 10.2. The Labute approximate surface area is 187 Å². The summed E-state index contributed by atoms with van der Waals surface area (Å²) in [4.78, 5) is 0. The SMILES string of the molecule is CCC(O)(CCc1ccccc1)CC(F)(F)C(F)(F)C(F)(F)C(F)(F)C(F)(F)C(F)(F)C(F)(F)F. The number of hydrogen-bond acceptors (Lipinski definition) is 1. The fraction of sp³-hybridized carbons (Fsp3) is 0.684. The molecule has 1 atom stereocenters. The Bertz CT molecular complexity index is 848. The van der Waals surface area contributed by atoms with Crippen molar-refractivity contribution in [3.8, 4) is 0 Å². The van der Waals surface area contributed by atoms with Crippen molar-refractivity contribution in [3.63, 3.8) is 0 Å². The Balaban J connectivity index is 3.38. The van der Waals surface area contributed by atoms with Crippen molar-refractivity contribution in [2.45, 2.75) is 79.9 Å². The van der Waals surface area contributed by atoms with Gasteiger partial charge in [0.25, 0.3) is 0 Å². The summed E-state index contributed by atoms with van der Waals surface area (Å²) in [6.45, 7) is 0.893. The minimum absolute atomic E-state index is 0.320. The zero-order valence-corrected chi connectivity index (χ0v) is 17.3. The molecule has 1 N–H and O–H groups in total. The van der Waals surface area contributed by atoms with Crippen LogP contribution in [0.5, 0.6) is 0 Å². The van der Waals surface area contributed by atoms with Gasteiger partial charge in [-0.05, 0) is 24.8 Å². The van der Waals surface area contributed by atoms with Gasteiger partial charge in [0.15, 0.2) is 0 Å². The molecule has 204 valence electrons. The molecular formula is C19H17F15O. The van der Waals surface area contributed by atoms with E-state index < -0.39 is 66.6 Å². The molecule has 0 saturated heterocycles. The standard InChI is InChI=1S/C19H17F15O/c1-2-12(35,9-8-11-6-4-3-5-7-11)10-13(20,21)14(22,23)15(24,25)16(26,27)17(28,29)18(30,31)19(32,33)34/h3-7,35H,2,8-10H2,1H3. The van der Waals surface area contributed by atoms with E-state index in [0.29, 0.717) is 5.56 Å². The molecule has 0 aliphatic carbocycles. The molecule has 1 aromatic carbocycles. The third kappa shape index (κ3) is 5.17. The molecule has 0 bridgehead atoms. The molecular weight excluding hydrogens is 529 g/mol. The van der Waals surface area contributed by atoms with E-state index in [-0.39, 0.29) is 6.42 Å². The van der Waals surface area contributed by atoms with Crippen LogP contribution in [0.3, 0.4) is 0 Å². The molecule has 0 aliphatic rings. The van der Waals surface area contributed by atoms with Crippen LogP contribution >= 0.6 is 0 Å². The number of rotatable bonds is 11. The van der Waals surface area contributed by atoms with E-state index in [1.54, 1.807) is 0 Å². The first-order chi connectivity index (χ1) is 15.3. The van der Waals surface area contributed by atoms with Crippen LogP contribution in [0.1, 0.15) is 31.7 Å². The van der Waals surface area contributed by atoms with Crippen molar-refractivity contribution in [2.75, 3.05) is 0 Å². The van der Waals surface area contributed by atoms with Gasteiger partial charge in [0.2, 0.25) is 0 Å². The summed E-state index contributed by atoms with van der Waals surface area (Å²) in [5.74, 6) is -46.9. The highest BCUT2D eigenvalue weighted by Crippen LogP contribution is 2.63. The van der Waals surface area contributed by atoms with Gasteiger partial charge in [-0.25, -0.2) is 0 Å². The summed E-state index contributed by atoms with van der Waals surface area (Å²) in [6, 6.07) is 7.12. The number of aliphatic hydroxyl groups is 1. The summed E-state index contributed by atoms with van der Waals surface area (Å²) in [5.41, 5.74) is -2.67.